The molecule has 0 aliphatic carbocycles. The van der Waals surface area contributed by atoms with Crippen LogP contribution in [0, 0.1) is 0 Å². The van der Waals surface area contributed by atoms with Crippen molar-refractivity contribution in [1.82, 2.24) is 9.88 Å². The van der Waals surface area contributed by atoms with Gasteiger partial charge in [-0.2, -0.15) is 0 Å². The topological polar surface area (TPSA) is 16.1 Å². The zero-order chi connectivity index (χ0) is 13.2. The molecule has 1 aromatic carbocycles. The summed E-state index contributed by atoms with van der Waals surface area (Å²) in [6, 6.07) is 12.3. The van der Waals surface area contributed by atoms with Crippen molar-refractivity contribution in [3.05, 3.63) is 50.6 Å². The number of fused-ring (bicyclic) bond motifs is 1. The molecule has 0 saturated carbocycles. The molecule has 2 aromatic heterocycles. The summed E-state index contributed by atoms with van der Waals surface area (Å²) in [5, 5.41) is 1.16. The zero-order valence-electron chi connectivity index (χ0n) is 10.5. The Kier molecular flexibility index (Phi) is 3.84. The summed E-state index contributed by atoms with van der Waals surface area (Å²) >= 11 is 9.35. The fraction of sp³-hybridized carbons (Fsp3) is 0.214. The van der Waals surface area contributed by atoms with E-state index in [-0.39, 0.29) is 0 Å². The van der Waals surface area contributed by atoms with Gasteiger partial charge in [0.15, 0.2) is 0 Å². The number of para-hydroxylation sites is 1. The number of hydrogen-bond acceptors (Lipinski definition) is 4. The van der Waals surface area contributed by atoms with E-state index in [1.165, 1.54) is 9.58 Å². The molecule has 0 radical (unpaired) electrons. The van der Waals surface area contributed by atoms with Crippen LogP contribution in [0.2, 0.25) is 4.34 Å². The molecule has 0 aliphatic heterocycles. The number of hydrogen-bond donors (Lipinski definition) is 0. The molecule has 3 aromatic rings. The molecule has 19 heavy (non-hydrogen) atoms. The van der Waals surface area contributed by atoms with Crippen molar-refractivity contribution >= 4 is 44.5 Å². The highest BCUT2D eigenvalue weighted by molar-refractivity contribution is 7.18. The van der Waals surface area contributed by atoms with E-state index in [1.54, 1.807) is 22.7 Å². The van der Waals surface area contributed by atoms with Gasteiger partial charge in [0.1, 0.15) is 5.01 Å². The summed E-state index contributed by atoms with van der Waals surface area (Å²) in [5.41, 5.74) is 1.09. The first-order valence-electron chi connectivity index (χ1n) is 5.98. The van der Waals surface area contributed by atoms with Crippen LogP contribution in [0.4, 0.5) is 0 Å². The van der Waals surface area contributed by atoms with Gasteiger partial charge in [0.05, 0.1) is 21.1 Å². The minimum atomic E-state index is 0.850. The predicted molar refractivity (Wildman–Crippen MR) is 84.1 cm³/mol. The lowest BCUT2D eigenvalue weighted by atomic mass is 10.3. The second-order valence-electron chi connectivity index (χ2n) is 4.45. The maximum Gasteiger partial charge on any atom is 0.108 e. The molecular formula is C14H13ClN2S2. The molecule has 98 valence electrons. The molecule has 0 saturated heterocycles. The molecule has 2 heterocycles. The minimum absolute atomic E-state index is 0.850. The monoisotopic (exact) mass is 308 g/mol. The van der Waals surface area contributed by atoms with E-state index in [2.05, 4.69) is 41.2 Å². The molecule has 0 atom stereocenters. The molecule has 0 aliphatic rings. The Balaban J connectivity index is 1.70. The second-order valence-corrected chi connectivity index (χ2v) is 7.37. The van der Waals surface area contributed by atoms with Crippen LogP contribution in [0.5, 0.6) is 0 Å². The Bertz CT molecular complexity index is 656. The predicted octanol–water partition coefficient (Wildman–Crippen LogP) is 4.64. The van der Waals surface area contributed by atoms with Gasteiger partial charge in [0.2, 0.25) is 0 Å². The van der Waals surface area contributed by atoms with Crippen LogP contribution >= 0.6 is 34.3 Å². The van der Waals surface area contributed by atoms with Crippen LogP contribution in [0.15, 0.2) is 36.4 Å². The minimum Gasteiger partial charge on any atom is -0.295 e. The summed E-state index contributed by atoms with van der Waals surface area (Å²) in [5.74, 6) is 0. The Hall–Kier alpha value is -0.940. The van der Waals surface area contributed by atoms with Gasteiger partial charge >= 0.3 is 0 Å². The quantitative estimate of drug-likeness (QED) is 0.698. The fourth-order valence-electron chi connectivity index (χ4n) is 1.98. The van der Waals surface area contributed by atoms with Gasteiger partial charge in [0, 0.05) is 11.4 Å². The number of benzene rings is 1. The SMILES string of the molecule is CN(Cc1ccc(Cl)s1)Cc1nc2ccccc2s1. The lowest BCUT2D eigenvalue weighted by Gasteiger charge is -2.13. The highest BCUT2D eigenvalue weighted by atomic mass is 35.5. The zero-order valence-corrected chi connectivity index (χ0v) is 12.9. The summed E-state index contributed by atoms with van der Waals surface area (Å²) in [4.78, 5) is 8.20. The summed E-state index contributed by atoms with van der Waals surface area (Å²) in [6.45, 7) is 1.78. The van der Waals surface area contributed by atoms with Gasteiger partial charge in [-0.1, -0.05) is 23.7 Å². The first kappa shape index (κ1) is 13.1. The third-order valence-corrected chi connectivity index (χ3v) is 5.04. The van der Waals surface area contributed by atoms with Crippen molar-refractivity contribution in [1.29, 1.82) is 0 Å². The van der Waals surface area contributed by atoms with Gasteiger partial charge < -0.3 is 0 Å². The Morgan fingerprint density at radius 2 is 1.95 bits per heavy atom. The van der Waals surface area contributed by atoms with Crippen molar-refractivity contribution in [3.8, 4) is 0 Å². The molecule has 0 N–H and O–H groups in total. The number of nitrogens with zero attached hydrogens (tertiary/aromatic N) is 2. The van der Waals surface area contributed by atoms with Crippen LogP contribution in [0.3, 0.4) is 0 Å². The molecule has 0 fully saturated rings. The highest BCUT2D eigenvalue weighted by Crippen LogP contribution is 2.25. The third-order valence-electron chi connectivity index (χ3n) is 2.80. The lowest BCUT2D eigenvalue weighted by Crippen LogP contribution is -2.16. The van der Waals surface area contributed by atoms with Crippen LogP contribution in [-0.4, -0.2) is 16.9 Å². The second kappa shape index (κ2) is 5.59. The summed E-state index contributed by atoms with van der Waals surface area (Å²) in [6.07, 6.45) is 0. The molecule has 0 spiro atoms. The van der Waals surface area contributed by atoms with Crippen LogP contribution in [0.1, 0.15) is 9.88 Å². The molecule has 0 bridgehead atoms. The van der Waals surface area contributed by atoms with E-state index in [4.69, 9.17) is 11.6 Å². The van der Waals surface area contributed by atoms with E-state index in [0.717, 1.165) is 28.0 Å². The molecule has 3 rings (SSSR count). The van der Waals surface area contributed by atoms with E-state index in [0.29, 0.717) is 0 Å². The molecule has 0 unspecified atom stereocenters. The maximum absolute atomic E-state index is 5.95. The standard InChI is InChI=1S/C14H13ClN2S2/c1-17(8-10-6-7-13(15)18-10)9-14-16-11-4-2-3-5-12(11)19-14/h2-7H,8-9H2,1H3. The van der Waals surface area contributed by atoms with Crippen molar-refractivity contribution in [2.75, 3.05) is 7.05 Å². The lowest BCUT2D eigenvalue weighted by molar-refractivity contribution is 0.321. The molecule has 0 amide bonds. The smallest absolute Gasteiger partial charge is 0.108 e. The van der Waals surface area contributed by atoms with Crippen molar-refractivity contribution in [2.24, 2.45) is 0 Å². The number of rotatable bonds is 4. The van der Waals surface area contributed by atoms with Gasteiger partial charge in [-0.05, 0) is 31.3 Å². The number of thiophene rings is 1. The van der Waals surface area contributed by atoms with Gasteiger partial charge in [-0.15, -0.1) is 22.7 Å². The molecule has 2 nitrogen and oxygen atoms in total. The largest absolute Gasteiger partial charge is 0.295 e. The maximum atomic E-state index is 5.95. The number of thiazole rings is 1. The number of halogens is 1. The van der Waals surface area contributed by atoms with E-state index < -0.39 is 0 Å². The molecule has 5 heteroatoms. The molecular weight excluding hydrogens is 296 g/mol. The van der Waals surface area contributed by atoms with Crippen LogP contribution in [-0.2, 0) is 13.1 Å². The van der Waals surface area contributed by atoms with Crippen molar-refractivity contribution in [3.63, 3.8) is 0 Å². The summed E-state index contributed by atoms with van der Waals surface area (Å²) < 4.78 is 2.11. The third kappa shape index (κ3) is 3.15. The van der Waals surface area contributed by atoms with Crippen LogP contribution in [0.25, 0.3) is 10.2 Å². The Morgan fingerprint density at radius 3 is 2.68 bits per heavy atom. The van der Waals surface area contributed by atoms with E-state index in [9.17, 15) is 0 Å². The number of aromatic nitrogens is 1. The Morgan fingerprint density at radius 1 is 1.11 bits per heavy atom. The average Bonchev–Trinajstić information content (AvgIpc) is 2.94. The van der Waals surface area contributed by atoms with E-state index in [1.807, 2.05) is 12.1 Å². The Labute approximate surface area is 125 Å². The first-order chi connectivity index (χ1) is 9.20. The van der Waals surface area contributed by atoms with Crippen LogP contribution < -0.4 is 0 Å². The van der Waals surface area contributed by atoms with Gasteiger partial charge in [0.25, 0.3) is 0 Å². The first-order valence-corrected chi connectivity index (χ1v) is 7.99. The van der Waals surface area contributed by atoms with Crippen molar-refractivity contribution in [2.45, 2.75) is 13.1 Å². The summed E-state index contributed by atoms with van der Waals surface area (Å²) in [7, 11) is 2.11. The van der Waals surface area contributed by atoms with Gasteiger partial charge in [-0.25, -0.2) is 4.98 Å². The van der Waals surface area contributed by atoms with Gasteiger partial charge in [-0.3, -0.25) is 4.90 Å². The highest BCUT2D eigenvalue weighted by Gasteiger charge is 2.08. The van der Waals surface area contributed by atoms with Crippen molar-refractivity contribution < 1.29 is 0 Å². The fourth-order valence-corrected chi connectivity index (χ4v) is 4.19. The van der Waals surface area contributed by atoms with E-state index >= 15 is 0 Å². The average molecular weight is 309 g/mol. The normalized spacial score (nSPS) is 11.5.